The Balaban J connectivity index is 1.87. The van der Waals surface area contributed by atoms with Crippen LogP contribution in [0.4, 0.5) is 13.2 Å². The van der Waals surface area contributed by atoms with Crippen LogP contribution in [0, 0.1) is 0 Å². The number of thiazole rings is 1. The summed E-state index contributed by atoms with van der Waals surface area (Å²) >= 11 is 7.15. The van der Waals surface area contributed by atoms with Gasteiger partial charge in [0.05, 0.1) is 16.6 Å². The van der Waals surface area contributed by atoms with E-state index in [0.717, 1.165) is 24.3 Å². The van der Waals surface area contributed by atoms with Gasteiger partial charge < -0.3 is 10.1 Å². The van der Waals surface area contributed by atoms with Gasteiger partial charge in [-0.05, 0) is 50.2 Å². The van der Waals surface area contributed by atoms with Crippen LogP contribution >= 0.6 is 22.9 Å². The number of nitrogens with zero attached hydrogens (tertiary/aromatic N) is 1. The smallest absolute Gasteiger partial charge is 0.406 e. The summed E-state index contributed by atoms with van der Waals surface area (Å²) in [5, 5.41) is 3.71. The molecule has 2 aromatic rings. The first-order chi connectivity index (χ1) is 12.6. The van der Waals surface area contributed by atoms with Crippen LogP contribution in [0.25, 0.3) is 0 Å². The molecular formula is C15H15ClF3N3O3S2. The van der Waals surface area contributed by atoms with Crippen LogP contribution in [0.5, 0.6) is 5.75 Å². The van der Waals surface area contributed by atoms with Crippen molar-refractivity contribution in [2.45, 2.75) is 29.6 Å². The van der Waals surface area contributed by atoms with Crippen LogP contribution in [0.1, 0.15) is 17.8 Å². The number of halogens is 4. The first-order valence-corrected chi connectivity index (χ1v) is 10.5. The summed E-state index contributed by atoms with van der Waals surface area (Å²) in [4.78, 5) is 4.06. The lowest BCUT2D eigenvalue weighted by Crippen LogP contribution is -2.51. The standard InChI is InChI=1S/C15H15ClF3N3O3S2/c16-12-9-21-13(26-12)14(5-7-20-8-6-14)22-27(23,24)11-3-1-10(2-4-11)25-15(17,18)19/h1-4,9,20,22H,5-8H2. The zero-order valence-electron chi connectivity index (χ0n) is 13.7. The molecule has 0 spiro atoms. The van der Waals surface area contributed by atoms with Gasteiger partial charge in [-0.2, -0.15) is 4.72 Å². The summed E-state index contributed by atoms with van der Waals surface area (Å²) in [6, 6.07) is 4.04. The van der Waals surface area contributed by atoms with Gasteiger partial charge in [0.15, 0.2) is 0 Å². The van der Waals surface area contributed by atoms with Crippen molar-refractivity contribution in [2.24, 2.45) is 0 Å². The predicted octanol–water partition coefficient (Wildman–Crippen LogP) is 3.25. The van der Waals surface area contributed by atoms with E-state index in [1.165, 1.54) is 17.5 Å². The molecule has 27 heavy (non-hydrogen) atoms. The van der Waals surface area contributed by atoms with Crippen molar-refractivity contribution in [3.8, 4) is 5.75 Å². The molecule has 0 radical (unpaired) electrons. The van der Waals surface area contributed by atoms with Crippen molar-refractivity contribution in [1.82, 2.24) is 15.0 Å². The highest BCUT2D eigenvalue weighted by atomic mass is 35.5. The molecule has 6 nitrogen and oxygen atoms in total. The van der Waals surface area contributed by atoms with E-state index in [0.29, 0.717) is 35.3 Å². The fourth-order valence-corrected chi connectivity index (χ4v) is 5.43. The minimum Gasteiger partial charge on any atom is -0.406 e. The van der Waals surface area contributed by atoms with Crippen molar-refractivity contribution >= 4 is 33.0 Å². The van der Waals surface area contributed by atoms with Crippen molar-refractivity contribution in [3.63, 3.8) is 0 Å². The van der Waals surface area contributed by atoms with Crippen LogP contribution < -0.4 is 14.8 Å². The fraction of sp³-hybridized carbons (Fsp3) is 0.400. The molecule has 0 amide bonds. The molecule has 2 N–H and O–H groups in total. The molecule has 0 saturated carbocycles. The van der Waals surface area contributed by atoms with E-state index in [-0.39, 0.29) is 4.90 Å². The Kier molecular flexibility index (Phi) is 5.69. The molecule has 0 unspecified atom stereocenters. The second-order valence-corrected chi connectivity index (χ2v) is 9.27. The number of hydrogen-bond acceptors (Lipinski definition) is 6. The number of nitrogens with one attached hydrogen (secondary N) is 2. The van der Waals surface area contributed by atoms with Crippen molar-refractivity contribution in [2.75, 3.05) is 13.1 Å². The highest BCUT2D eigenvalue weighted by Crippen LogP contribution is 2.36. The largest absolute Gasteiger partial charge is 0.573 e. The van der Waals surface area contributed by atoms with Crippen LogP contribution in [0.2, 0.25) is 4.34 Å². The maximum absolute atomic E-state index is 12.8. The Bertz CT molecular complexity index is 895. The van der Waals surface area contributed by atoms with E-state index in [1.807, 2.05) is 0 Å². The third kappa shape index (κ3) is 4.91. The molecule has 0 atom stereocenters. The second-order valence-electron chi connectivity index (χ2n) is 5.93. The summed E-state index contributed by atoms with van der Waals surface area (Å²) in [5.74, 6) is -0.496. The fourth-order valence-electron chi connectivity index (χ4n) is 2.83. The topological polar surface area (TPSA) is 80.3 Å². The number of rotatable bonds is 5. The number of hydrogen-bond donors (Lipinski definition) is 2. The molecule has 1 fully saturated rings. The minimum absolute atomic E-state index is 0.169. The first-order valence-electron chi connectivity index (χ1n) is 7.82. The molecule has 0 bridgehead atoms. The molecule has 1 aliphatic heterocycles. The Morgan fingerprint density at radius 2 is 1.85 bits per heavy atom. The summed E-state index contributed by atoms with van der Waals surface area (Å²) < 4.78 is 69.3. The minimum atomic E-state index is -4.85. The van der Waals surface area contributed by atoms with Gasteiger partial charge in [0.1, 0.15) is 15.1 Å². The number of aromatic nitrogens is 1. The third-order valence-corrected chi connectivity index (χ3v) is 6.91. The van der Waals surface area contributed by atoms with E-state index >= 15 is 0 Å². The van der Waals surface area contributed by atoms with Gasteiger partial charge >= 0.3 is 6.36 Å². The molecule has 2 heterocycles. The number of ether oxygens (including phenoxy) is 1. The van der Waals surface area contributed by atoms with Crippen LogP contribution in [-0.4, -0.2) is 32.9 Å². The Morgan fingerprint density at radius 1 is 1.22 bits per heavy atom. The van der Waals surface area contributed by atoms with Crippen LogP contribution in [-0.2, 0) is 15.6 Å². The average Bonchev–Trinajstić information content (AvgIpc) is 3.01. The van der Waals surface area contributed by atoms with Gasteiger partial charge in [-0.3, -0.25) is 0 Å². The maximum atomic E-state index is 12.8. The highest BCUT2D eigenvalue weighted by Gasteiger charge is 2.40. The van der Waals surface area contributed by atoms with E-state index < -0.39 is 27.7 Å². The molecule has 1 aromatic carbocycles. The summed E-state index contributed by atoms with van der Waals surface area (Å²) in [6.07, 6.45) is -2.46. The number of sulfonamides is 1. The summed E-state index contributed by atoms with van der Waals surface area (Å²) in [5.41, 5.74) is -0.928. The van der Waals surface area contributed by atoms with E-state index in [2.05, 4.69) is 19.8 Å². The Labute approximate surface area is 162 Å². The SMILES string of the molecule is O=S(=O)(NC1(c2ncc(Cl)s2)CCNCC1)c1ccc(OC(F)(F)F)cc1. The molecule has 3 rings (SSSR count). The predicted molar refractivity (Wildman–Crippen MR) is 94.4 cm³/mol. The zero-order chi connectivity index (χ0) is 19.7. The third-order valence-electron chi connectivity index (χ3n) is 4.04. The van der Waals surface area contributed by atoms with Gasteiger partial charge in [-0.1, -0.05) is 11.6 Å². The molecule has 1 aliphatic rings. The lowest BCUT2D eigenvalue weighted by atomic mass is 9.90. The van der Waals surface area contributed by atoms with Crippen LogP contribution in [0.15, 0.2) is 35.4 Å². The molecule has 0 aliphatic carbocycles. The molecular weight excluding hydrogens is 427 g/mol. The van der Waals surface area contributed by atoms with Gasteiger partial charge in [0.25, 0.3) is 0 Å². The maximum Gasteiger partial charge on any atom is 0.573 e. The normalized spacial score (nSPS) is 17.6. The van der Waals surface area contributed by atoms with Crippen molar-refractivity contribution < 1.29 is 26.3 Å². The number of piperidine rings is 1. The second kappa shape index (κ2) is 7.55. The van der Waals surface area contributed by atoms with Crippen molar-refractivity contribution in [3.05, 3.63) is 39.8 Å². The number of benzene rings is 1. The monoisotopic (exact) mass is 441 g/mol. The number of alkyl halides is 3. The average molecular weight is 442 g/mol. The lowest BCUT2D eigenvalue weighted by molar-refractivity contribution is -0.274. The highest BCUT2D eigenvalue weighted by molar-refractivity contribution is 7.89. The van der Waals surface area contributed by atoms with Crippen LogP contribution in [0.3, 0.4) is 0 Å². The quantitative estimate of drug-likeness (QED) is 0.744. The van der Waals surface area contributed by atoms with Gasteiger partial charge in [0.2, 0.25) is 10.0 Å². The summed E-state index contributed by atoms with van der Waals surface area (Å²) in [7, 11) is -4.01. The molecule has 12 heteroatoms. The van der Waals surface area contributed by atoms with Gasteiger partial charge in [-0.15, -0.1) is 24.5 Å². The zero-order valence-corrected chi connectivity index (χ0v) is 16.1. The lowest BCUT2D eigenvalue weighted by Gasteiger charge is -2.36. The Hall–Kier alpha value is -1.40. The summed E-state index contributed by atoms with van der Waals surface area (Å²) in [6.45, 7) is 1.16. The van der Waals surface area contributed by atoms with E-state index in [9.17, 15) is 21.6 Å². The molecule has 1 aromatic heterocycles. The van der Waals surface area contributed by atoms with E-state index in [1.54, 1.807) is 0 Å². The van der Waals surface area contributed by atoms with E-state index in [4.69, 9.17) is 11.6 Å². The Morgan fingerprint density at radius 3 is 2.37 bits per heavy atom. The molecule has 1 saturated heterocycles. The van der Waals surface area contributed by atoms with Gasteiger partial charge in [0, 0.05) is 0 Å². The van der Waals surface area contributed by atoms with Crippen molar-refractivity contribution in [1.29, 1.82) is 0 Å². The van der Waals surface area contributed by atoms with Gasteiger partial charge in [-0.25, -0.2) is 13.4 Å². The first kappa shape index (κ1) is 20.3. The molecule has 148 valence electrons.